The molecule has 3 rings (SSSR count). The second-order valence-electron chi connectivity index (χ2n) is 6.23. The van der Waals surface area contributed by atoms with Gasteiger partial charge in [0.1, 0.15) is 12.4 Å². The van der Waals surface area contributed by atoms with Crippen LogP contribution in [0.25, 0.3) is 5.69 Å². The summed E-state index contributed by atoms with van der Waals surface area (Å²) >= 11 is 0. The Morgan fingerprint density at radius 2 is 1.76 bits per heavy atom. The van der Waals surface area contributed by atoms with Crippen molar-refractivity contribution in [1.82, 2.24) is 9.47 Å². The first-order valence-corrected chi connectivity index (χ1v) is 8.52. The Labute approximate surface area is 154 Å². The zero-order valence-corrected chi connectivity index (χ0v) is 15.3. The van der Waals surface area contributed by atoms with Gasteiger partial charge >= 0.3 is 0 Å². The number of hydrogen-bond acceptors (Lipinski definition) is 4. The van der Waals surface area contributed by atoms with E-state index in [1.165, 1.54) is 38.4 Å². The smallest absolute Gasteiger partial charge is 0.223 e. The number of nitrogens with zero attached hydrogens (tertiary/aromatic N) is 2. The lowest BCUT2D eigenvalue weighted by Crippen LogP contribution is -2.33. The van der Waals surface area contributed by atoms with Crippen molar-refractivity contribution < 1.29 is 9.84 Å². The number of aromatic hydroxyl groups is 1. The van der Waals surface area contributed by atoms with E-state index in [1.807, 2.05) is 24.3 Å². The molecular weight excluding hydrogens is 340 g/mol. The molecule has 1 fully saturated rings. The molecule has 0 atom stereocenters. The number of hydrogen-bond donors (Lipinski definition) is 1. The molecule has 1 saturated heterocycles. The molecule has 0 amide bonds. The van der Waals surface area contributed by atoms with E-state index in [9.17, 15) is 9.90 Å². The SMILES string of the molecule is Cc1c(O)c(=O)ccn1-c1ccc(OCCN2CCCCC2)cc1.Cl. The molecule has 0 radical (unpaired) electrons. The highest BCUT2D eigenvalue weighted by atomic mass is 35.5. The summed E-state index contributed by atoms with van der Waals surface area (Å²) in [6.07, 6.45) is 5.60. The Morgan fingerprint density at radius 1 is 1.08 bits per heavy atom. The van der Waals surface area contributed by atoms with E-state index in [1.54, 1.807) is 17.7 Å². The summed E-state index contributed by atoms with van der Waals surface area (Å²) in [4.78, 5) is 13.9. The van der Waals surface area contributed by atoms with E-state index in [0.29, 0.717) is 12.3 Å². The van der Waals surface area contributed by atoms with Gasteiger partial charge in [0.25, 0.3) is 0 Å². The molecule has 6 heteroatoms. The maximum absolute atomic E-state index is 11.4. The normalized spacial score (nSPS) is 14.8. The van der Waals surface area contributed by atoms with Gasteiger partial charge in [-0.15, -0.1) is 12.4 Å². The summed E-state index contributed by atoms with van der Waals surface area (Å²) < 4.78 is 7.61. The minimum Gasteiger partial charge on any atom is -0.503 e. The highest BCUT2D eigenvalue weighted by molar-refractivity contribution is 5.85. The Kier molecular flexibility index (Phi) is 6.91. The number of halogens is 1. The third-order valence-corrected chi connectivity index (χ3v) is 4.55. The molecule has 2 aromatic rings. The van der Waals surface area contributed by atoms with Crippen LogP contribution in [0.3, 0.4) is 0 Å². The number of piperidine rings is 1. The van der Waals surface area contributed by atoms with Gasteiger partial charge in [0.15, 0.2) is 5.75 Å². The van der Waals surface area contributed by atoms with Crippen molar-refractivity contribution in [3.63, 3.8) is 0 Å². The van der Waals surface area contributed by atoms with E-state index in [0.717, 1.165) is 18.0 Å². The summed E-state index contributed by atoms with van der Waals surface area (Å²) in [5.74, 6) is 0.623. The van der Waals surface area contributed by atoms with Crippen molar-refractivity contribution >= 4 is 12.4 Å². The fourth-order valence-corrected chi connectivity index (χ4v) is 3.08. The molecule has 25 heavy (non-hydrogen) atoms. The first-order chi connectivity index (χ1) is 11.6. The Bertz CT molecular complexity index is 737. The quantitative estimate of drug-likeness (QED) is 0.885. The predicted molar refractivity (Wildman–Crippen MR) is 101 cm³/mol. The standard InChI is InChI=1S/C19H24N2O3.ClH/c1-15-19(23)18(22)9-12-21(15)16-5-7-17(8-6-16)24-14-13-20-10-3-2-4-11-20;/h5-9,12,23H,2-4,10-11,13-14H2,1H3;1H. The third-order valence-electron chi connectivity index (χ3n) is 4.55. The molecule has 1 N–H and O–H groups in total. The fourth-order valence-electron chi connectivity index (χ4n) is 3.08. The highest BCUT2D eigenvalue weighted by Gasteiger charge is 2.10. The summed E-state index contributed by atoms with van der Waals surface area (Å²) in [5.41, 5.74) is 1.05. The molecular formula is C19H25ClN2O3. The molecule has 2 heterocycles. The van der Waals surface area contributed by atoms with Gasteiger partial charge in [0.05, 0.1) is 5.69 Å². The van der Waals surface area contributed by atoms with Crippen LogP contribution in [-0.2, 0) is 0 Å². The topological polar surface area (TPSA) is 54.7 Å². The maximum Gasteiger partial charge on any atom is 0.223 e. The first kappa shape index (κ1) is 19.3. The average Bonchev–Trinajstić information content (AvgIpc) is 2.62. The number of rotatable bonds is 5. The van der Waals surface area contributed by atoms with Crippen LogP contribution in [0.1, 0.15) is 25.0 Å². The minimum absolute atomic E-state index is 0. The second kappa shape index (κ2) is 8.92. The predicted octanol–water partition coefficient (Wildman–Crippen LogP) is 3.14. The van der Waals surface area contributed by atoms with Crippen molar-refractivity contribution in [3.8, 4) is 17.2 Å². The number of aromatic nitrogens is 1. The number of likely N-dealkylation sites (tertiary alicyclic amines) is 1. The Morgan fingerprint density at radius 3 is 2.44 bits per heavy atom. The van der Waals surface area contributed by atoms with Gasteiger partial charge < -0.3 is 14.4 Å². The summed E-state index contributed by atoms with van der Waals surface area (Å²) in [7, 11) is 0. The zero-order chi connectivity index (χ0) is 16.9. The third kappa shape index (κ3) is 4.77. The van der Waals surface area contributed by atoms with Crippen LogP contribution in [0.4, 0.5) is 0 Å². The van der Waals surface area contributed by atoms with Crippen LogP contribution < -0.4 is 10.2 Å². The summed E-state index contributed by atoms with van der Waals surface area (Å²) in [5, 5.41) is 9.78. The van der Waals surface area contributed by atoms with Gasteiger partial charge in [0.2, 0.25) is 5.43 Å². The lowest BCUT2D eigenvalue weighted by atomic mass is 10.1. The summed E-state index contributed by atoms with van der Waals surface area (Å²) in [6, 6.07) is 9.05. The lowest BCUT2D eigenvalue weighted by molar-refractivity contribution is 0.183. The number of pyridine rings is 1. The van der Waals surface area contributed by atoms with E-state index >= 15 is 0 Å². The van der Waals surface area contributed by atoms with Gasteiger partial charge in [0, 0.05) is 24.5 Å². The van der Waals surface area contributed by atoms with E-state index in [-0.39, 0.29) is 23.6 Å². The van der Waals surface area contributed by atoms with Gasteiger partial charge in [-0.3, -0.25) is 9.69 Å². The molecule has 1 aromatic carbocycles. The van der Waals surface area contributed by atoms with Crippen molar-refractivity contribution in [3.05, 3.63) is 52.4 Å². The Balaban J connectivity index is 0.00000225. The van der Waals surface area contributed by atoms with Crippen molar-refractivity contribution in [2.24, 2.45) is 0 Å². The minimum atomic E-state index is -0.360. The van der Waals surface area contributed by atoms with E-state index in [4.69, 9.17) is 4.74 Å². The molecule has 5 nitrogen and oxygen atoms in total. The number of benzene rings is 1. The van der Waals surface area contributed by atoms with Crippen LogP contribution in [0, 0.1) is 6.92 Å². The highest BCUT2D eigenvalue weighted by Crippen LogP contribution is 2.19. The average molecular weight is 365 g/mol. The second-order valence-corrected chi connectivity index (χ2v) is 6.23. The molecule has 0 saturated carbocycles. The molecule has 1 aromatic heterocycles. The molecule has 1 aliphatic heterocycles. The number of ether oxygens (including phenoxy) is 1. The molecule has 0 spiro atoms. The fraction of sp³-hybridized carbons (Fsp3) is 0.421. The van der Waals surface area contributed by atoms with Gasteiger partial charge in [-0.05, 0) is 57.1 Å². The largest absolute Gasteiger partial charge is 0.503 e. The van der Waals surface area contributed by atoms with Gasteiger partial charge in [-0.1, -0.05) is 6.42 Å². The molecule has 0 aliphatic carbocycles. The Hall–Kier alpha value is -1.98. The van der Waals surface area contributed by atoms with Crippen LogP contribution in [-0.4, -0.2) is 40.8 Å². The van der Waals surface area contributed by atoms with Crippen LogP contribution in [0.5, 0.6) is 11.5 Å². The van der Waals surface area contributed by atoms with Crippen LogP contribution >= 0.6 is 12.4 Å². The molecule has 1 aliphatic rings. The zero-order valence-electron chi connectivity index (χ0n) is 14.5. The van der Waals surface area contributed by atoms with Crippen molar-refractivity contribution in [2.45, 2.75) is 26.2 Å². The van der Waals surface area contributed by atoms with E-state index in [2.05, 4.69) is 4.90 Å². The lowest BCUT2D eigenvalue weighted by Gasteiger charge is -2.26. The van der Waals surface area contributed by atoms with Crippen LogP contribution in [0.2, 0.25) is 0 Å². The summed E-state index contributed by atoms with van der Waals surface area (Å²) in [6.45, 7) is 5.74. The molecule has 0 unspecified atom stereocenters. The van der Waals surface area contributed by atoms with Gasteiger partial charge in [-0.2, -0.15) is 0 Å². The molecule has 0 bridgehead atoms. The maximum atomic E-state index is 11.4. The van der Waals surface area contributed by atoms with Crippen LogP contribution in [0.15, 0.2) is 41.3 Å². The first-order valence-electron chi connectivity index (χ1n) is 8.52. The molecule has 136 valence electrons. The van der Waals surface area contributed by atoms with Gasteiger partial charge in [-0.25, -0.2) is 0 Å². The van der Waals surface area contributed by atoms with Crippen molar-refractivity contribution in [1.29, 1.82) is 0 Å². The monoisotopic (exact) mass is 364 g/mol. The van der Waals surface area contributed by atoms with E-state index < -0.39 is 0 Å². The van der Waals surface area contributed by atoms with Crippen molar-refractivity contribution in [2.75, 3.05) is 26.2 Å².